The van der Waals surface area contributed by atoms with Crippen LogP contribution < -0.4 is 0 Å². The summed E-state index contributed by atoms with van der Waals surface area (Å²) in [7, 11) is 0. The second-order valence-electron chi connectivity index (χ2n) is 5.79. The van der Waals surface area contributed by atoms with Crippen molar-refractivity contribution in [3.05, 3.63) is 50.5 Å². The highest BCUT2D eigenvalue weighted by Crippen LogP contribution is 2.27. The predicted molar refractivity (Wildman–Crippen MR) is 94.9 cm³/mol. The summed E-state index contributed by atoms with van der Waals surface area (Å²) in [6.45, 7) is 5.06. The molecule has 0 atom stereocenters. The predicted octanol–water partition coefficient (Wildman–Crippen LogP) is 3.57. The fraction of sp³-hybridized carbons (Fsp3) is 0.353. The first-order chi connectivity index (χ1) is 11.3. The molecule has 0 saturated heterocycles. The van der Waals surface area contributed by atoms with Crippen molar-refractivity contribution in [3.8, 4) is 11.3 Å². The minimum Gasteiger partial charge on any atom is -0.297 e. The van der Waals surface area contributed by atoms with Gasteiger partial charge in [-0.15, -0.1) is 11.3 Å². The normalized spacial score (nSPS) is 15.3. The molecular weight excluding hydrogens is 324 g/mol. The third kappa shape index (κ3) is 3.20. The molecule has 0 aromatic carbocycles. The minimum atomic E-state index is 0.930. The quantitative estimate of drug-likeness (QED) is 0.730. The van der Waals surface area contributed by atoms with Crippen molar-refractivity contribution in [3.63, 3.8) is 0 Å². The monoisotopic (exact) mass is 342 g/mol. The number of thiophene rings is 1. The summed E-state index contributed by atoms with van der Waals surface area (Å²) < 4.78 is 0. The minimum absolute atomic E-state index is 0.930. The number of aromatic nitrogens is 3. The number of nitrogens with zero attached hydrogens (tertiary/aromatic N) is 4. The zero-order chi connectivity index (χ0) is 15.6. The lowest BCUT2D eigenvalue weighted by Gasteiger charge is -2.18. The molecule has 1 aliphatic heterocycles. The number of rotatable bonds is 3. The van der Waals surface area contributed by atoms with E-state index in [1.807, 2.05) is 0 Å². The molecule has 0 unspecified atom stereocenters. The van der Waals surface area contributed by atoms with Crippen LogP contribution in [0.5, 0.6) is 0 Å². The largest absolute Gasteiger partial charge is 0.297 e. The molecule has 0 saturated carbocycles. The maximum Gasteiger partial charge on any atom is 0.116 e. The molecule has 3 aromatic heterocycles. The maximum atomic E-state index is 4.59. The van der Waals surface area contributed by atoms with Crippen LogP contribution in [0.3, 0.4) is 0 Å². The van der Waals surface area contributed by atoms with Crippen molar-refractivity contribution >= 4 is 22.7 Å². The second kappa shape index (κ2) is 6.47. The zero-order valence-electron chi connectivity index (χ0n) is 13.0. The lowest BCUT2D eigenvalue weighted by atomic mass is 10.0. The Labute approximate surface area is 143 Å². The van der Waals surface area contributed by atoms with Gasteiger partial charge in [0.15, 0.2) is 0 Å². The topological polar surface area (TPSA) is 41.9 Å². The van der Waals surface area contributed by atoms with Gasteiger partial charge in [0.25, 0.3) is 0 Å². The Kier molecular flexibility index (Phi) is 4.20. The van der Waals surface area contributed by atoms with Crippen LogP contribution in [0, 0.1) is 6.92 Å². The Balaban J connectivity index is 1.56. The summed E-state index contributed by atoms with van der Waals surface area (Å²) in [6.07, 6.45) is 3.70. The maximum absolute atomic E-state index is 4.59. The average molecular weight is 342 g/mol. The van der Waals surface area contributed by atoms with Crippen LogP contribution in [0.25, 0.3) is 11.3 Å². The second-order valence-corrected chi connectivity index (χ2v) is 7.64. The molecule has 0 aliphatic carbocycles. The van der Waals surface area contributed by atoms with Gasteiger partial charge < -0.3 is 0 Å². The van der Waals surface area contributed by atoms with E-state index >= 15 is 0 Å². The third-order valence-corrected chi connectivity index (χ3v) is 5.73. The summed E-state index contributed by atoms with van der Waals surface area (Å²) in [5, 5.41) is 7.59. The fourth-order valence-electron chi connectivity index (χ4n) is 3.09. The Morgan fingerprint density at radius 2 is 2.09 bits per heavy atom. The molecule has 0 amide bonds. The molecule has 0 bridgehead atoms. The highest BCUT2D eigenvalue weighted by atomic mass is 32.1. The van der Waals surface area contributed by atoms with Gasteiger partial charge in [0, 0.05) is 53.6 Å². The van der Waals surface area contributed by atoms with Gasteiger partial charge in [-0.05, 0) is 24.8 Å². The van der Waals surface area contributed by atoms with E-state index in [4.69, 9.17) is 0 Å². The van der Waals surface area contributed by atoms with Crippen molar-refractivity contribution in [2.24, 2.45) is 0 Å². The summed E-state index contributed by atoms with van der Waals surface area (Å²) in [6, 6.07) is 2.15. The summed E-state index contributed by atoms with van der Waals surface area (Å²) in [5.41, 5.74) is 6.04. The molecule has 118 valence electrons. The van der Waals surface area contributed by atoms with E-state index in [0.717, 1.165) is 43.2 Å². The Morgan fingerprint density at radius 1 is 1.17 bits per heavy atom. The van der Waals surface area contributed by atoms with E-state index in [0.29, 0.717) is 0 Å². The van der Waals surface area contributed by atoms with Crippen molar-refractivity contribution in [2.45, 2.75) is 26.3 Å². The van der Waals surface area contributed by atoms with Gasteiger partial charge in [-0.3, -0.25) is 4.90 Å². The highest BCUT2D eigenvalue weighted by Gasteiger charge is 2.20. The highest BCUT2D eigenvalue weighted by molar-refractivity contribution is 7.09. The molecule has 0 radical (unpaired) electrons. The summed E-state index contributed by atoms with van der Waals surface area (Å²) in [4.78, 5) is 16.2. The van der Waals surface area contributed by atoms with Crippen LogP contribution in [-0.2, 0) is 19.4 Å². The first-order valence-electron chi connectivity index (χ1n) is 7.78. The Morgan fingerprint density at radius 3 is 2.87 bits per heavy atom. The lowest BCUT2D eigenvalue weighted by molar-refractivity contribution is 0.276. The van der Waals surface area contributed by atoms with Crippen LogP contribution in [0.4, 0.5) is 0 Å². The number of fused-ring (bicyclic) bond motifs is 1. The number of aryl methyl sites for hydroxylation is 1. The molecule has 1 aliphatic rings. The van der Waals surface area contributed by atoms with Crippen LogP contribution in [0.1, 0.15) is 22.0 Å². The Hall–Kier alpha value is -1.63. The van der Waals surface area contributed by atoms with Gasteiger partial charge in [0.05, 0.1) is 16.4 Å². The standard InChI is InChI=1S/C17H18N4S2/c1-12-20-14(10-23-12)8-21-5-2-15-16(3-6-21)18-11-19-17(15)13-4-7-22-9-13/h4,7,9-11H,2-3,5-6,8H2,1H3. The molecule has 6 heteroatoms. The molecule has 23 heavy (non-hydrogen) atoms. The first-order valence-corrected chi connectivity index (χ1v) is 9.60. The van der Waals surface area contributed by atoms with Gasteiger partial charge in [0.2, 0.25) is 0 Å². The summed E-state index contributed by atoms with van der Waals surface area (Å²) in [5.74, 6) is 0. The van der Waals surface area contributed by atoms with E-state index in [1.54, 1.807) is 29.0 Å². The van der Waals surface area contributed by atoms with Crippen LogP contribution in [0.2, 0.25) is 0 Å². The SMILES string of the molecule is Cc1nc(CN2CCc3ncnc(-c4ccsc4)c3CC2)cs1. The molecule has 0 N–H and O–H groups in total. The van der Waals surface area contributed by atoms with Gasteiger partial charge in [-0.2, -0.15) is 11.3 Å². The van der Waals surface area contributed by atoms with E-state index in [2.05, 4.69) is 49.0 Å². The molecule has 4 nitrogen and oxygen atoms in total. The Bertz CT molecular complexity index is 795. The smallest absolute Gasteiger partial charge is 0.116 e. The van der Waals surface area contributed by atoms with Crippen molar-refractivity contribution in [1.29, 1.82) is 0 Å². The molecule has 0 spiro atoms. The van der Waals surface area contributed by atoms with Gasteiger partial charge in [0.1, 0.15) is 6.33 Å². The number of hydrogen-bond donors (Lipinski definition) is 0. The molecule has 4 heterocycles. The van der Waals surface area contributed by atoms with Crippen molar-refractivity contribution in [1.82, 2.24) is 19.9 Å². The summed E-state index contributed by atoms with van der Waals surface area (Å²) >= 11 is 3.44. The van der Waals surface area contributed by atoms with E-state index < -0.39 is 0 Å². The van der Waals surface area contributed by atoms with Crippen LogP contribution in [0.15, 0.2) is 28.5 Å². The number of hydrogen-bond acceptors (Lipinski definition) is 6. The first kappa shape index (κ1) is 14.9. The van der Waals surface area contributed by atoms with E-state index in [9.17, 15) is 0 Å². The van der Waals surface area contributed by atoms with Crippen LogP contribution in [-0.4, -0.2) is 32.9 Å². The third-order valence-electron chi connectivity index (χ3n) is 4.22. The van der Waals surface area contributed by atoms with Gasteiger partial charge in [-0.25, -0.2) is 15.0 Å². The molecular formula is C17H18N4S2. The van der Waals surface area contributed by atoms with Crippen molar-refractivity contribution < 1.29 is 0 Å². The van der Waals surface area contributed by atoms with E-state index in [-0.39, 0.29) is 0 Å². The van der Waals surface area contributed by atoms with Crippen molar-refractivity contribution in [2.75, 3.05) is 13.1 Å². The van der Waals surface area contributed by atoms with Gasteiger partial charge >= 0.3 is 0 Å². The zero-order valence-corrected chi connectivity index (χ0v) is 14.7. The molecule has 4 rings (SSSR count). The molecule has 0 fully saturated rings. The van der Waals surface area contributed by atoms with Crippen LogP contribution >= 0.6 is 22.7 Å². The molecule has 3 aromatic rings. The average Bonchev–Trinajstić information content (AvgIpc) is 3.17. The number of thiazole rings is 1. The lowest BCUT2D eigenvalue weighted by Crippen LogP contribution is -2.26. The fourth-order valence-corrected chi connectivity index (χ4v) is 4.33. The van der Waals surface area contributed by atoms with E-state index in [1.165, 1.54) is 22.5 Å². The van der Waals surface area contributed by atoms with Gasteiger partial charge in [-0.1, -0.05) is 0 Å².